The first-order valence-electron chi connectivity index (χ1n) is 5.66. The molecular formula is C13H15N3OS. The van der Waals surface area contributed by atoms with E-state index in [4.69, 9.17) is 10.5 Å². The van der Waals surface area contributed by atoms with E-state index in [0.29, 0.717) is 11.6 Å². The van der Waals surface area contributed by atoms with E-state index in [2.05, 4.69) is 9.97 Å². The molecule has 94 valence electrons. The number of anilines is 1. The first kappa shape index (κ1) is 12.7. The monoisotopic (exact) mass is 261 g/mol. The predicted molar refractivity (Wildman–Crippen MR) is 72.8 cm³/mol. The van der Waals surface area contributed by atoms with Crippen molar-refractivity contribution in [2.75, 3.05) is 5.73 Å². The Balaban J connectivity index is 2.19. The quantitative estimate of drug-likeness (QED) is 0.916. The van der Waals surface area contributed by atoms with Gasteiger partial charge in [0.1, 0.15) is 5.03 Å². The van der Waals surface area contributed by atoms with Crippen LogP contribution in [0.4, 0.5) is 5.69 Å². The molecule has 2 aromatic rings. The summed E-state index contributed by atoms with van der Waals surface area (Å²) >= 11 is 1.55. The van der Waals surface area contributed by atoms with Crippen molar-refractivity contribution in [3.63, 3.8) is 0 Å². The highest BCUT2D eigenvalue weighted by atomic mass is 32.2. The lowest BCUT2D eigenvalue weighted by Crippen LogP contribution is -2.09. The summed E-state index contributed by atoms with van der Waals surface area (Å²) in [6.45, 7) is 3.90. The molecule has 0 aliphatic heterocycles. The van der Waals surface area contributed by atoms with Gasteiger partial charge in [0.2, 0.25) is 5.88 Å². The van der Waals surface area contributed by atoms with E-state index >= 15 is 0 Å². The summed E-state index contributed by atoms with van der Waals surface area (Å²) < 4.78 is 5.56. The molecule has 0 saturated heterocycles. The fourth-order valence-electron chi connectivity index (χ4n) is 1.34. The van der Waals surface area contributed by atoms with Gasteiger partial charge >= 0.3 is 0 Å². The molecule has 0 aromatic carbocycles. The summed E-state index contributed by atoms with van der Waals surface area (Å²) in [6, 6.07) is 7.57. The Bertz CT molecular complexity index is 517. The van der Waals surface area contributed by atoms with Gasteiger partial charge in [-0.1, -0.05) is 11.8 Å². The third-order valence-electron chi connectivity index (χ3n) is 2.08. The highest BCUT2D eigenvalue weighted by molar-refractivity contribution is 7.99. The number of rotatable bonds is 4. The Morgan fingerprint density at radius 1 is 1.17 bits per heavy atom. The number of ether oxygens (including phenoxy) is 1. The van der Waals surface area contributed by atoms with E-state index in [1.807, 2.05) is 38.1 Å². The number of nitrogens with two attached hydrogens (primary N) is 1. The summed E-state index contributed by atoms with van der Waals surface area (Å²) in [7, 11) is 0. The molecular weight excluding hydrogens is 246 g/mol. The minimum Gasteiger partial charge on any atom is -0.473 e. The van der Waals surface area contributed by atoms with E-state index < -0.39 is 0 Å². The average molecular weight is 261 g/mol. The Morgan fingerprint density at radius 3 is 2.56 bits per heavy atom. The second-order valence-corrected chi connectivity index (χ2v) is 5.09. The van der Waals surface area contributed by atoms with Gasteiger partial charge in [-0.15, -0.1) is 0 Å². The number of nitrogens with zero attached hydrogens (tertiary/aromatic N) is 2. The second-order valence-electron chi connectivity index (χ2n) is 4.00. The van der Waals surface area contributed by atoms with E-state index in [0.717, 1.165) is 9.92 Å². The van der Waals surface area contributed by atoms with Crippen molar-refractivity contribution in [1.82, 2.24) is 9.97 Å². The van der Waals surface area contributed by atoms with Crippen LogP contribution in [0.25, 0.3) is 0 Å². The van der Waals surface area contributed by atoms with E-state index in [9.17, 15) is 0 Å². The molecule has 0 saturated carbocycles. The Labute approximate surface area is 111 Å². The van der Waals surface area contributed by atoms with Gasteiger partial charge in [-0.2, -0.15) is 0 Å². The van der Waals surface area contributed by atoms with E-state index in [-0.39, 0.29) is 6.10 Å². The van der Waals surface area contributed by atoms with Crippen LogP contribution in [0, 0.1) is 0 Å². The molecule has 0 spiro atoms. The fourth-order valence-corrected chi connectivity index (χ4v) is 2.10. The minimum atomic E-state index is 0.0565. The third-order valence-corrected chi connectivity index (χ3v) is 3.03. The third kappa shape index (κ3) is 3.37. The number of hydrogen-bond donors (Lipinski definition) is 1. The second kappa shape index (κ2) is 5.73. The average Bonchev–Trinajstić information content (AvgIpc) is 2.34. The van der Waals surface area contributed by atoms with Crippen LogP contribution in [0.5, 0.6) is 5.88 Å². The number of pyridine rings is 2. The zero-order valence-corrected chi connectivity index (χ0v) is 11.1. The maximum Gasteiger partial charge on any atom is 0.238 e. The maximum atomic E-state index is 5.82. The topological polar surface area (TPSA) is 61.0 Å². The zero-order valence-electron chi connectivity index (χ0n) is 10.3. The highest BCUT2D eigenvalue weighted by Gasteiger charge is 2.07. The molecule has 18 heavy (non-hydrogen) atoms. The predicted octanol–water partition coefficient (Wildman–Crippen LogP) is 3.00. The summed E-state index contributed by atoms with van der Waals surface area (Å²) in [5.74, 6) is 0.490. The van der Waals surface area contributed by atoms with Gasteiger partial charge in [0.05, 0.1) is 11.8 Å². The fraction of sp³-hybridized carbons (Fsp3) is 0.231. The molecule has 2 N–H and O–H groups in total. The van der Waals surface area contributed by atoms with E-state index in [1.54, 1.807) is 24.2 Å². The van der Waals surface area contributed by atoms with Crippen molar-refractivity contribution in [2.24, 2.45) is 0 Å². The Morgan fingerprint density at radius 2 is 1.89 bits per heavy atom. The summed E-state index contributed by atoms with van der Waals surface area (Å²) in [4.78, 5) is 9.46. The molecule has 0 unspecified atom stereocenters. The lowest BCUT2D eigenvalue weighted by atomic mass is 10.4. The van der Waals surface area contributed by atoms with Gasteiger partial charge in [0.25, 0.3) is 0 Å². The van der Waals surface area contributed by atoms with Crippen LogP contribution in [-0.4, -0.2) is 16.1 Å². The minimum absolute atomic E-state index is 0.0565. The molecule has 0 atom stereocenters. The smallest absolute Gasteiger partial charge is 0.238 e. The largest absolute Gasteiger partial charge is 0.473 e. The van der Waals surface area contributed by atoms with Gasteiger partial charge in [0.15, 0.2) is 0 Å². The van der Waals surface area contributed by atoms with Crippen molar-refractivity contribution < 1.29 is 4.74 Å². The molecule has 0 aliphatic rings. The Kier molecular flexibility index (Phi) is 4.04. The first-order valence-corrected chi connectivity index (χ1v) is 6.48. The molecule has 0 radical (unpaired) electrons. The molecule has 0 amide bonds. The van der Waals surface area contributed by atoms with Gasteiger partial charge < -0.3 is 10.5 Å². The van der Waals surface area contributed by atoms with Crippen molar-refractivity contribution in [3.05, 3.63) is 36.7 Å². The van der Waals surface area contributed by atoms with Crippen LogP contribution in [0.2, 0.25) is 0 Å². The molecule has 2 aromatic heterocycles. The van der Waals surface area contributed by atoms with Crippen LogP contribution in [0.1, 0.15) is 13.8 Å². The number of hydrogen-bond acceptors (Lipinski definition) is 5. The maximum absolute atomic E-state index is 5.82. The van der Waals surface area contributed by atoms with Gasteiger partial charge in [-0.05, 0) is 38.1 Å². The summed E-state index contributed by atoms with van der Waals surface area (Å²) in [6.07, 6.45) is 3.57. The molecule has 4 nitrogen and oxygen atoms in total. The molecule has 0 aliphatic carbocycles. The van der Waals surface area contributed by atoms with Crippen LogP contribution < -0.4 is 10.5 Å². The zero-order chi connectivity index (χ0) is 13.0. The van der Waals surface area contributed by atoms with Crippen LogP contribution in [0.3, 0.4) is 0 Å². The molecule has 0 bridgehead atoms. The number of nitrogen functional groups attached to an aromatic ring is 1. The van der Waals surface area contributed by atoms with E-state index in [1.165, 1.54) is 0 Å². The molecule has 2 heterocycles. The normalized spacial score (nSPS) is 10.6. The summed E-state index contributed by atoms with van der Waals surface area (Å²) in [5.41, 5.74) is 6.38. The SMILES string of the molecule is CC(C)Oc1nc(Sc2ccncc2)ccc1N. The Hall–Kier alpha value is -1.75. The van der Waals surface area contributed by atoms with Crippen molar-refractivity contribution in [3.8, 4) is 5.88 Å². The summed E-state index contributed by atoms with van der Waals surface area (Å²) in [5, 5.41) is 0.853. The number of aromatic nitrogens is 2. The van der Waals surface area contributed by atoms with Crippen LogP contribution >= 0.6 is 11.8 Å². The van der Waals surface area contributed by atoms with Crippen molar-refractivity contribution in [1.29, 1.82) is 0 Å². The van der Waals surface area contributed by atoms with Crippen LogP contribution in [0.15, 0.2) is 46.6 Å². The molecule has 0 fully saturated rings. The lowest BCUT2D eigenvalue weighted by molar-refractivity contribution is 0.232. The molecule has 2 rings (SSSR count). The highest BCUT2D eigenvalue weighted by Crippen LogP contribution is 2.29. The molecule has 5 heteroatoms. The lowest BCUT2D eigenvalue weighted by Gasteiger charge is -2.11. The van der Waals surface area contributed by atoms with Crippen molar-refractivity contribution >= 4 is 17.4 Å². The van der Waals surface area contributed by atoms with Gasteiger partial charge in [-0.3, -0.25) is 4.98 Å². The van der Waals surface area contributed by atoms with Crippen molar-refractivity contribution in [2.45, 2.75) is 29.9 Å². The standard InChI is InChI=1S/C13H15N3OS/c1-9(2)17-13-11(14)3-4-12(16-13)18-10-5-7-15-8-6-10/h3-9H,14H2,1-2H3. The van der Waals surface area contributed by atoms with Crippen LogP contribution in [-0.2, 0) is 0 Å². The van der Waals surface area contributed by atoms with Gasteiger partial charge in [-0.25, -0.2) is 4.98 Å². The van der Waals surface area contributed by atoms with Gasteiger partial charge in [0, 0.05) is 17.3 Å². The first-order chi connectivity index (χ1) is 8.65.